The molecule has 0 saturated heterocycles. The van der Waals surface area contributed by atoms with Gasteiger partial charge in [-0.25, -0.2) is 0 Å². The van der Waals surface area contributed by atoms with Crippen molar-refractivity contribution in [2.45, 2.75) is 58.3 Å². The van der Waals surface area contributed by atoms with Crippen molar-refractivity contribution in [3.05, 3.63) is 130 Å². The van der Waals surface area contributed by atoms with E-state index in [-0.39, 0.29) is 17.0 Å². The smallest absolute Gasteiger partial charge is 0.194 e. The van der Waals surface area contributed by atoms with Crippen LogP contribution in [0.2, 0.25) is 0 Å². The molecule has 0 saturated carbocycles. The molecule has 194 valence electrons. The summed E-state index contributed by atoms with van der Waals surface area (Å²) in [6.45, 7) is 6.43. The van der Waals surface area contributed by atoms with Gasteiger partial charge in [-0.3, -0.25) is 9.59 Å². The maximum atomic E-state index is 12.7. The average Bonchev–Trinajstić information content (AvgIpc) is 2.99. The van der Waals surface area contributed by atoms with E-state index in [0.717, 1.165) is 12.0 Å². The lowest BCUT2D eigenvalue weighted by atomic mass is 9.77. The molecule has 5 aromatic rings. The van der Waals surface area contributed by atoms with Crippen LogP contribution in [0.15, 0.2) is 91.0 Å². The summed E-state index contributed by atoms with van der Waals surface area (Å²) in [5.74, 6) is -0.102. The Bertz CT molecular complexity index is 1760. The average molecular weight is 511 g/mol. The first-order valence-electron chi connectivity index (χ1n) is 14.1. The first-order chi connectivity index (χ1) is 18.9. The molecule has 7 rings (SSSR count). The van der Waals surface area contributed by atoms with Crippen molar-refractivity contribution >= 4 is 33.1 Å². The van der Waals surface area contributed by atoms with E-state index >= 15 is 0 Å². The monoisotopic (exact) mass is 510 g/mol. The summed E-state index contributed by atoms with van der Waals surface area (Å²) in [4.78, 5) is 25.2. The summed E-state index contributed by atoms with van der Waals surface area (Å²) in [5, 5.41) is 5.64. The fourth-order valence-corrected chi connectivity index (χ4v) is 6.07. The van der Waals surface area contributed by atoms with Crippen LogP contribution in [0.25, 0.3) is 21.5 Å². The van der Waals surface area contributed by atoms with Gasteiger partial charge < -0.3 is 0 Å². The van der Waals surface area contributed by atoms with Gasteiger partial charge in [0.15, 0.2) is 11.6 Å². The van der Waals surface area contributed by atoms with Crippen LogP contribution in [-0.2, 0) is 18.3 Å². The van der Waals surface area contributed by atoms with E-state index in [9.17, 15) is 9.59 Å². The van der Waals surface area contributed by atoms with Crippen molar-refractivity contribution in [3.63, 3.8) is 0 Å². The van der Waals surface area contributed by atoms with Gasteiger partial charge in [0, 0.05) is 22.3 Å². The molecular formula is C37H34O2. The third-order valence-electron chi connectivity index (χ3n) is 8.85. The van der Waals surface area contributed by atoms with Gasteiger partial charge in [-0.1, -0.05) is 99.6 Å². The van der Waals surface area contributed by atoms with Crippen molar-refractivity contribution in [2.24, 2.45) is 0 Å². The van der Waals surface area contributed by atoms with E-state index in [1.165, 1.54) is 47.2 Å². The molecular weight excluding hydrogens is 476 g/mol. The quantitative estimate of drug-likeness (QED) is 0.218. The third-order valence-corrected chi connectivity index (χ3v) is 8.85. The van der Waals surface area contributed by atoms with Gasteiger partial charge in [0.25, 0.3) is 0 Å². The lowest BCUT2D eigenvalue weighted by Crippen LogP contribution is -2.23. The molecule has 2 aliphatic rings. The Morgan fingerprint density at radius 1 is 0.615 bits per heavy atom. The number of benzene rings is 5. The normalized spacial score (nSPS) is 14.3. The standard InChI is InChI=1S/C19H18O2.C18H16/c1-4-19(2,3)12-9-10-15-16(11-12)18(21)14-8-6-5-7-13(14)17(15)20;1-3-7-15-13(5-1)9-11-18-16-8-4-2-6-14(16)10-12-17(15)18/h5-11H,4H2,1-3H3;1,3,5,7,9-12H,2,4,6,8H2. The molecule has 0 aliphatic heterocycles. The molecule has 0 radical (unpaired) electrons. The zero-order chi connectivity index (χ0) is 27.1. The van der Waals surface area contributed by atoms with Crippen molar-refractivity contribution in [1.82, 2.24) is 0 Å². The van der Waals surface area contributed by atoms with E-state index in [2.05, 4.69) is 69.3 Å². The number of hydrogen-bond donors (Lipinski definition) is 0. The Morgan fingerprint density at radius 2 is 1.26 bits per heavy atom. The van der Waals surface area contributed by atoms with Crippen LogP contribution in [0.5, 0.6) is 0 Å². The minimum Gasteiger partial charge on any atom is -0.289 e. The maximum Gasteiger partial charge on any atom is 0.194 e. The first-order valence-corrected chi connectivity index (χ1v) is 14.1. The minimum atomic E-state index is -0.0546. The summed E-state index contributed by atoms with van der Waals surface area (Å²) in [7, 11) is 0. The van der Waals surface area contributed by atoms with Crippen LogP contribution in [0, 0.1) is 0 Å². The molecule has 0 unspecified atom stereocenters. The van der Waals surface area contributed by atoms with Gasteiger partial charge in [-0.15, -0.1) is 0 Å². The van der Waals surface area contributed by atoms with E-state index in [1.54, 1.807) is 41.5 Å². The fourth-order valence-electron chi connectivity index (χ4n) is 6.07. The third kappa shape index (κ3) is 4.38. The fraction of sp³-hybridized carbons (Fsp3) is 0.243. The van der Waals surface area contributed by atoms with Crippen molar-refractivity contribution < 1.29 is 9.59 Å². The predicted molar refractivity (Wildman–Crippen MR) is 161 cm³/mol. The second kappa shape index (κ2) is 9.93. The predicted octanol–water partition coefficient (Wildman–Crippen LogP) is 9.02. The van der Waals surface area contributed by atoms with Gasteiger partial charge in [-0.2, -0.15) is 0 Å². The molecule has 2 heteroatoms. The van der Waals surface area contributed by atoms with Crippen LogP contribution in [0.3, 0.4) is 0 Å². The van der Waals surface area contributed by atoms with Gasteiger partial charge in [0.05, 0.1) is 0 Å². The highest BCUT2D eigenvalue weighted by Crippen LogP contribution is 2.34. The van der Waals surface area contributed by atoms with E-state index < -0.39 is 0 Å². The highest BCUT2D eigenvalue weighted by Gasteiger charge is 2.31. The summed E-state index contributed by atoms with van der Waals surface area (Å²) < 4.78 is 0. The number of fused-ring (bicyclic) bond motifs is 7. The van der Waals surface area contributed by atoms with Crippen LogP contribution in [0.4, 0.5) is 0 Å². The zero-order valence-electron chi connectivity index (χ0n) is 23.0. The molecule has 0 bridgehead atoms. The Morgan fingerprint density at radius 3 is 2.03 bits per heavy atom. The van der Waals surface area contributed by atoms with Crippen molar-refractivity contribution in [3.8, 4) is 0 Å². The summed E-state index contributed by atoms with van der Waals surface area (Å²) in [6, 6.07) is 30.7. The topological polar surface area (TPSA) is 34.1 Å². The Hall–Kier alpha value is -4.04. The van der Waals surface area contributed by atoms with Crippen molar-refractivity contribution in [2.75, 3.05) is 0 Å². The number of hydrogen-bond acceptors (Lipinski definition) is 2. The number of ketones is 2. The van der Waals surface area contributed by atoms with Crippen LogP contribution in [-0.4, -0.2) is 11.6 Å². The summed E-state index contributed by atoms with van der Waals surface area (Å²) in [6.07, 6.45) is 6.19. The molecule has 0 spiro atoms. The number of carbonyl (C=O) groups is 2. The number of rotatable bonds is 2. The second-order valence-corrected chi connectivity index (χ2v) is 11.5. The van der Waals surface area contributed by atoms with Gasteiger partial charge in [-0.05, 0) is 87.9 Å². The molecule has 0 heterocycles. The molecule has 5 aromatic carbocycles. The first kappa shape index (κ1) is 25.2. The molecule has 0 aromatic heterocycles. The molecule has 2 nitrogen and oxygen atoms in total. The summed E-state index contributed by atoms with van der Waals surface area (Å²) >= 11 is 0. The highest BCUT2D eigenvalue weighted by atomic mass is 16.1. The molecule has 0 N–H and O–H groups in total. The molecule has 0 atom stereocenters. The highest BCUT2D eigenvalue weighted by molar-refractivity contribution is 6.28. The Labute approximate surface area is 230 Å². The lowest BCUT2D eigenvalue weighted by molar-refractivity contribution is 0.0979. The molecule has 0 fully saturated rings. The van der Waals surface area contributed by atoms with Crippen molar-refractivity contribution in [1.29, 1.82) is 0 Å². The SMILES string of the molecule is CCC(C)(C)c1ccc2c(c1)C(=O)c1ccccc1C2=O.c1ccc2c(c1)ccc1c3c(ccc12)CCCC3. The minimum absolute atomic E-state index is 0.00464. The zero-order valence-corrected chi connectivity index (χ0v) is 23.0. The Kier molecular flexibility index (Phi) is 6.43. The van der Waals surface area contributed by atoms with Crippen LogP contribution >= 0.6 is 0 Å². The largest absolute Gasteiger partial charge is 0.289 e. The van der Waals surface area contributed by atoms with Gasteiger partial charge in [0.2, 0.25) is 0 Å². The lowest BCUT2D eigenvalue weighted by Gasteiger charge is -2.26. The summed E-state index contributed by atoms with van der Waals surface area (Å²) in [5.41, 5.74) is 6.36. The molecule has 2 aliphatic carbocycles. The molecule has 39 heavy (non-hydrogen) atoms. The van der Waals surface area contributed by atoms with Crippen LogP contribution < -0.4 is 0 Å². The van der Waals surface area contributed by atoms with E-state index in [1.807, 2.05) is 12.1 Å². The number of carbonyl (C=O) groups excluding carboxylic acids is 2. The Balaban J connectivity index is 0.000000143. The number of aryl methyl sites for hydroxylation is 2. The van der Waals surface area contributed by atoms with Crippen LogP contribution in [0.1, 0.15) is 88.6 Å². The maximum absolute atomic E-state index is 12.7. The molecule has 0 amide bonds. The van der Waals surface area contributed by atoms with Gasteiger partial charge in [0.1, 0.15) is 0 Å². The van der Waals surface area contributed by atoms with E-state index in [4.69, 9.17) is 0 Å². The van der Waals surface area contributed by atoms with Gasteiger partial charge >= 0.3 is 0 Å². The van der Waals surface area contributed by atoms with E-state index in [0.29, 0.717) is 22.3 Å². The second-order valence-electron chi connectivity index (χ2n) is 11.5.